The summed E-state index contributed by atoms with van der Waals surface area (Å²) in [5.41, 5.74) is 1.89. The van der Waals surface area contributed by atoms with Crippen LogP contribution in [0.4, 0.5) is 5.69 Å². The van der Waals surface area contributed by atoms with Crippen molar-refractivity contribution in [2.45, 2.75) is 13.8 Å². The first kappa shape index (κ1) is 23.0. The van der Waals surface area contributed by atoms with Gasteiger partial charge < -0.3 is 15.2 Å². The maximum Gasteiger partial charge on any atom is 0.272 e. The molecule has 2 heterocycles. The van der Waals surface area contributed by atoms with Gasteiger partial charge in [-0.2, -0.15) is 0 Å². The number of hydrogen-bond acceptors (Lipinski definition) is 4. The van der Waals surface area contributed by atoms with Crippen LogP contribution in [0.3, 0.4) is 0 Å². The summed E-state index contributed by atoms with van der Waals surface area (Å²) in [6, 6.07) is 6.38. The number of anilines is 1. The highest BCUT2D eigenvalue weighted by Gasteiger charge is 2.21. The fourth-order valence-electron chi connectivity index (χ4n) is 2.93. The number of nitrogens with zero attached hydrogens (tertiary/aromatic N) is 2. The summed E-state index contributed by atoms with van der Waals surface area (Å²) < 4.78 is 2.28. The monoisotopic (exact) mass is 522 g/mol. The first-order valence-corrected chi connectivity index (χ1v) is 10.6. The topological polar surface area (TPSA) is 93.1 Å². The quantitative estimate of drug-likeness (QED) is 0.484. The fourth-order valence-corrected chi connectivity index (χ4v) is 3.84. The molecule has 0 bridgehead atoms. The molecule has 3 rings (SSSR count). The maximum absolute atomic E-state index is 13.2. The van der Waals surface area contributed by atoms with Gasteiger partial charge in [-0.05, 0) is 59.6 Å². The molecule has 0 fully saturated rings. The number of hydrogen-bond donors (Lipinski definition) is 2. The second-order valence-corrected chi connectivity index (χ2v) is 8.48. The molecule has 2 amide bonds. The van der Waals surface area contributed by atoms with Crippen molar-refractivity contribution < 1.29 is 14.4 Å². The Kier molecular flexibility index (Phi) is 7.15. The van der Waals surface area contributed by atoms with E-state index in [0.717, 1.165) is 0 Å². The van der Waals surface area contributed by atoms with E-state index >= 15 is 0 Å². The number of rotatable bonds is 6. The summed E-state index contributed by atoms with van der Waals surface area (Å²) in [5, 5.41) is 6.01. The number of pyridine rings is 1. The van der Waals surface area contributed by atoms with E-state index < -0.39 is 11.8 Å². The van der Waals surface area contributed by atoms with E-state index in [1.165, 1.54) is 19.2 Å². The minimum atomic E-state index is -0.523. The molecule has 0 aliphatic rings. The Balaban J connectivity index is 1.99. The number of ketones is 1. The highest BCUT2D eigenvalue weighted by Crippen LogP contribution is 2.29. The van der Waals surface area contributed by atoms with Crippen LogP contribution in [0.1, 0.15) is 33.3 Å². The lowest BCUT2D eigenvalue weighted by Crippen LogP contribution is -2.29. The van der Waals surface area contributed by atoms with Crippen LogP contribution < -0.4 is 10.6 Å². The van der Waals surface area contributed by atoms with Crippen LogP contribution in [-0.4, -0.2) is 33.7 Å². The summed E-state index contributed by atoms with van der Waals surface area (Å²) in [6.07, 6.45) is 4.75. The van der Waals surface area contributed by atoms with Gasteiger partial charge in [0.25, 0.3) is 11.8 Å². The average Bonchev–Trinajstić information content (AvgIpc) is 3.09. The third kappa shape index (κ3) is 5.33. The summed E-state index contributed by atoms with van der Waals surface area (Å²) in [5.74, 6) is -1.19. The minimum Gasteiger partial charge on any atom is -0.345 e. The summed E-state index contributed by atoms with van der Waals surface area (Å²) >= 11 is 15.7. The molecule has 2 aromatic heterocycles. The van der Waals surface area contributed by atoms with Crippen LogP contribution in [0.5, 0.6) is 0 Å². The van der Waals surface area contributed by atoms with Crippen LogP contribution in [-0.2, 0) is 4.79 Å². The van der Waals surface area contributed by atoms with E-state index in [1.807, 2.05) is 0 Å². The maximum atomic E-state index is 13.2. The van der Waals surface area contributed by atoms with Gasteiger partial charge in [-0.25, -0.2) is 0 Å². The number of Topliss-reactive ketones (excluding diaryl/α,β-unsaturated/α-hetero) is 1. The molecule has 0 radical (unpaired) electrons. The minimum absolute atomic E-state index is 0.131. The van der Waals surface area contributed by atoms with Crippen molar-refractivity contribution in [2.75, 3.05) is 11.9 Å². The van der Waals surface area contributed by atoms with Gasteiger partial charge >= 0.3 is 0 Å². The van der Waals surface area contributed by atoms with E-state index in [1.54, 1.807) is 42.1 Å². The molecule has 0 atom stereocenters. The van der Waals surface area contributed by atoms with Crippen LogP contribution >= 0.6 is 39.1 Å². The standard InChI is InChI=1S/C21H17BrCl2N4O3/c1-11-5-14(23)7-15(20(30)26-8-12(2)29)19(11)27-21(31)18-6-13(22)10-28(18)17-3-4-25-9-16(17)24/h3-7,9-10H,8H2,1-2H3,(H,26,30)(H,27,31). The Morgan fingerprint density at radius 2 is 1.90 bits per heavy atom. The highest BCUT2D eigenvalue weighted by atomic mass is 79.9. The zero-order chi connectivity index (χ0) is 22.7. The Bertz CT molecular complexity index is 1190. The van der Waals surface area contributed by atoms with Crippen molar-refractivity contribution in [1.82, 2.24) is 14.9 Å². The second kappa shape index (κ2) is 9.64. The molecule has 7 nitrogen and oxygen atoms in total. The van der Waals surface area contributed by atoms with Gasteiger partial charge in [0, 0.05) is 28.1 Å². The van der Waals surface area contributed by atoms with Crippen LogP contribution in [0.15, 0.2) is 47.3 Å². The lowest BCUT2D eigenvalue weighted by atomic mass is 10.1. The Hall–Kier alpha value is -2.68. The molecule has 160 valence electrons. The van der Waals surface area contributed by atoms with Crippen molar-refractivity contribution in [3.63, 3.8) is 0 Å². The number of benzene rings is 1. The molecule has 1 aromatic carbocycles. The molecule has 2 N–H and O–H groups in total. The first-order valence-electron chi connectivity index (χ1n) is 9.04. The number of halogens is 3. The Morgan fingerprint density at radius 1 is 1.16 bits per heavy atom. The summed E-state index contributed by atoms with van der Waals surface area (Å²) in [6.45, 7) is 2.95. The summed E-state index contributed by atoms with van der Waals surface area (Å²) in [7, 11) is 0. The molecule has 10 heteroatoms. The predicted molar refractivity (Wildman–Crippen MR) is 123 cm³/mol. The van der Waals surface area contributed by atoms with Crippen molar-refractivity contribution in [3.8, 4) is 5.69 Å². The number of carbonyl (C=O) groups excluding carboxylic acids is 3. The molecule has 3 aromatic rings. The zero-order valence-corrected chi connectivity index (χ0v) is 19.6. The largest absolute Gasteiger partial charge is 0.345 e. The molecule has 0 unspecified atom stereocenters. The van der Waals surface area contributed by atoms with Gasteiger partial charge in [0.05, 0.1) is 28.5 Å². The number of carbonyl (C=O) groups is 3. The number of amides is 2. The Labute approximate surface area is 196 Å². The van der Waals surface area contributed by atoms with E-state index in [-0.39, 0.29) is 23.6 Å². The smallest absolute Gasteiger partial charge is 0.272 e. The second-order valence-electron chi connectivity index (χ2n) is 6.72. The van der Waals surface area contributed by atoms with E-state index in [9.17, 15) is 14.4 Å². The van der Waals surface area contributed by atoms with Gasteiger partial charge in [0.15, 0.2) is 0 Å². The van der Waals surface area contributed by atoms with Gasteiger partial charge in [-0.15, -0.1) is 0 Å². The van der Waals surface area contributed by atoms with Crippen molar-refractivity contribution in [3.05, 3.63) is 74.2 Å². The highest BCUT2D eigenvalue weighted by molar-refractivity contribution is 9.10. The Morgan fingerprint density at radius 3 is 2.58 bits per heavy atom. The third-order valence-electron chi connectivity index (χ3n) is 4.31. The molecule has 0 spiro atoms. The lowest BCUT2D eigenvalue weighted by molar-refractivity contribution is -0.116. The predicted octanol–water partition coefficient (Wildman–Crippen LogP) is 4.82. The molecular formula is C21H17BrCl2N4O3. The van der Waals surface area contributed by atoms with Crippen molar-refractivity contribution >= 4 is 62.4 Å². The van der Waals surface area contributed by atoms with Crippen LogP contribution in [0.25, 0.3) is 5.69 Å². The molecule has 0 saturated heterocycles. The van der Waals surface area contributed by atoms with E-state index in [2.05, 4.69) is 31.5 Å². The lowest BCUT2D eigenvalue weighted by Gasteiger charge is -2.16. The van der Waals surface area contributed by atoms with Gasteiger partial charge in [0.1, 0.15) is 11.5 Å². The third-order valence-corrected chi connectivity index (χ3v) is 5.25. The zero-order valence-electron chi connectivity index (χ0n) is 16.5. The van der Waals surface area contributed by atoms with E-state index in [4.69, 9.17) is 23.2 Å². The molecule has 31 heavy (non-hydrogen) atoms. The van der Waals surface area contributed by atoms with Gasteiger partial charge in [-0.1, -0.05) is 23.2 Å². The SMILES string of the molecule is CC(=O)CNC(=O)c1cc(Cl)cc(C)c1NC(=O)c1cc(Br)cn1-c1ccncc1Cl. The van der Waals surface area contributed by atoms with Gasteiger partial charge in [0.2, 0.25) is 0 Å². The van der Waals surface area contributed by atoms with Crippen molar-refractivity contribution in [2.24, 2.45) is 0 Å². The number of aryl methyl sites for hydroxylation is 1. The number of nitrogens with one attached hydrogen (secondary N) is 2. The summed E-state index contributed by atoms with van der Waals surface area (Å²) in [4.78, 5) is 41.0. The van der Waals surface area contributed by atoms with Crippen molar-refractivity contribution in [1.29, 1.82) is 0 Å². The molecule has 0 saturated carbocycles. The van der Waals surface area contributed by atoms with Gasteiger partial charge in [-0.3, -0.25) is 19.4 Å². The van der Waals surface area contributed by atoms with Crippen LogP contribution in [0, 0.1) is 6.92 Å². The van der Waals surface area contributed by atoms with E-state index in [0.29, 0.717) is 31.5 Å². The number of aromatic nitrogens is 2. The molecule has 0 aliphatic carbocycles. The molecule has 0 aliphatic heterocycles. The van der Waals surface area contributed by atoms with Crippen LogP contribution in [0.2, 0.25) is 10.0 Å². The fraction of sp³-hybridized carbons (Fsp3) is 0.143. The normalized spacial score (nSPS) is 10.6. The first-order chi connectivity index (χ1) is 14.7. The average molecular weight is 524 g/mol. The molecular weight excluding hydrogens is 507 g/mol.